The number of carbonyl (C=O) groups is 3. The minimum Gasteiger partial charge on any atom is -0.366 e. The molecule has 3 heterocycles. The molecule has 1 aliphatic heterocycles. The van der Waals surface area contributed by atoms with Gasteiger partial charge in [-0.15, -0.1) is 0 Å². The molecule has 2 aromatic rings. The second kappa shape index (κ2) is 8.25. The Morgan fingerprint density at radius 2 is 2.03 bits per heavy atom. The van der Waals surface area contributed by atoms with E-state index in [-0.39, 0.29) is 17.3 Å². The van der Waals surface area contributed by atoms with Crippen LogP contribution in [0.3, 0.4) is 0 Å². The highest BCUT2D eigenvalue weighted by Crippen LogP contribution is 2.34. The van der Waals surface area contributed by atoms with Gasteiger partial charge in [0.05, 0.1) is 23.6 Å². The first kappa shape index (κ1) is 20.1. The number of piperidine rings is 1. The van der Waals surface area contributed by atoms with Gasteiger partial charge in [0.15, 0.2) is 0 Å². The third-order valence-electron chi connectivity index (χ3n) is 6.20. The highest BCUT2D eigenvalue weighted by Gasteiger charge is 2.39. The number of hydrogen-bond donors (Lipinski definition) is 3. The van der Waals surface area contributed by atoms with Gasteiger partial charge in [-0.3, -0.25) is 24.5 Å². The minimum absolute atomic E-state index is 0.0255. The van der Waals surface area contributed by atoms with Crippen molar-refractivity contribution in [3.8, 4) is 0 Å². The summed E-state index contributed by atoms with van der Waals surface area (Å²) in [5.74, 6) is -1.28. The van der Waals surface area contributed by atoms with E-state index >= 15 is 0 Å². The summed E-state index contributed by atoms with van der Waals surface area (Å²) in [4.78, 5) is 42.8. The fourth-order valence-electron chi connectivity index (χ4n) is 4.63. The van der Waals surface area contributed by atoms with Gasteiger partial charge in [-0.1, -0.05) is 6.92 Å². The largest absolute Gasteiger partial charge is 0.366 e. The highest BCUT2D eigenvalue weighted by atomic mass is 16.2. The van der Waals surface area contributed by atoms with Gasteiger partial charge in [0.25, 0.3) is 0 Å². The molecule has 1 aliphatic carbocycles. The number of primary amides is 1. The van der Waals surface area contributed by atoms with E-state index in [1.54, 1.807) is 4.90 Å². The monoisotopic (exact) mass is 410 g/mol. The first-order valence-corrected chi connectivity index (χ1v) is 10.3. The van der Waals surface area contributed by atoms with Gasteiger partial charge in [0.2, 0.25) is 5.91 Å². The summed E-state index contributed by atoms with van der Waals surface area (Å²) in [7, 11) is 0. The number of H-pyrrole nitrogens is 1. The summed E-state index contributed by atoms with van der Waals surface area (Å²) in [6.45, 7) is 2.66. The van der Waals surface area contributed by atoms with Crippen molar-refractivity contribution >= 4 is 23.4 Å². The van der Waals surface area contributed by atoms with E-state index < -0.39 is 17.7 Å². The fourth-order valence-corrected chi connectivity index (χ4v) is 4.63. The van der Waals surface area contributed by atoms with Crippen LogP contribution >= 0.6 is 0 Å². The maximum absolute atomic E-state index is 13.1. The molecule has 4 N–H and O–H groups in total. The smallest absolute Gasteiger partial charge is 0.313 e. The van der Waals surface area contributed by atoms with Gasteiger partial charge >= 0.3 is 11.8 Å². The van der Waals surface area contributed by atoms with Crippen molar-refractivity contribution in [1.82, 2.24) is 20.1 Å². The minimum atomic E-state index is -0.725. The van der Waals surface area contributed by atoms with Gasteiger partial charge < -0.3 is 16.0 Å². The second-order valence-electron chi connectivity index (χ2n) is 8.36. The molecule has 3 amide bonds. The number of likely N-dealkylation sites (tertiary alicyclic amines) is 1. The molecule has 2 aliphatic rings. The molecule has 4 rings (SSSR count). The Labute approximate surface area is 174 Å². The third kappa shape index (κ3) is 4.05. The van der Waals surface area contributed by atoms with E-state index in [2.05, 4.69) is 27.4 Å². The average molecular weight is 410 g/mol. The number of aryl methyl sites for hydroxylation is 1. The van der Waals surface area contributed by atoms with Crippen LogP contribution in [0, 0.1) is 11.8 Å². The molecule has 0 radical (unpaired) electrons. The first-order valence-electron chi connectivity index (χ1n) is 10.3. The molecule has 0 spiro atoms. The number of rotatable bonds is 3. The Morgan fingerprint density at radius 3 is 2.83 bits per heavy atom. The molecule has 0 saturated carbocycles. The van der Waals surface area contributed by atoms with Crippen molar-refractivity contribution in [3.05, 3.63) is 41.5 Å². The van der Waals surface area contributed by atoms with Gasteiger partial charge in [-0.05, 0) is 55.6 Å². The van der Waals surface area contributed by atoms with Crippen LogP contribution in [0.25, 0.3) is 0 Å². The number of fused-ring (bicyclic) bond motifs is 1. The third-order valence-corrected chi connectivity index (χ3v) is 6.20. The molecular formula is C21H26N6O3. The number of nitrogens with two attached hydrogens (primary N) is 1. The van der Waals surface area contributed by atoms with Crippen LogP contribution in [0.1, 0.15) is 47.8 Å². The first-order chi connectivity index (χ1) is 14.4. The molecule has 1 saturated heterocycles. The molecule has 30 heavy (non-hydrogen) atoms. The second-order valence-corrected chi connectivity index (χ2v) is 8.36. The quantitative estimate of drug-likeness (QED) is 0.655. The van der Waals surface area contributed by atoms with Crippen molar-refractivity contribution in [2.75, 3.05) is 11.9 Å². The highest BCUT2D eigenvalue weighted by molar-refractivity contribution is 6.39. The Balaban J connectivity index is 1.49. The topological polar surface area (TPSA) is 134 Å². The van der Waals surface area contributed by atoms with Crippen molar-refractivity contribution in [2.24, 2.45) is 17.6 Å². The number of aromatic amines is 1. The lowest BCUT2D eigenvalue weighted by molar-refractivity contribution is -0.147. The van der Waals surface area contributed by atoms with Gasteiger partial charge in [-0.25, -0.2) is 0 Å². The van der Waals surface area contributed by atoms with Crippen molar-refractivity contribution in [3.63, 3.8) is 0 Å². The number of pyridine rings is 1. The SMILES string of the molecule is C[C@@H]1CCC(C2CCc3[nH]ncc3C2)N(C(=O)C(=O)Nc2cncc(C(N)=O)c2)C1. The Kier molecular flexibility index (Phi) is 5.52. The molecule has 2 unspecified atom stereocenters. The number of aromatic nitrogens is 3. The van der Waals surface area contributed by atoms with Crippen LogP contribution in [0.4, 0.5) is 5.69 Å². The molecule has 9 heteroatoms. The molecule has 158 valence electrons. The zero-order chi connectivity index (χ0) is 21.3. The summed E-state index contributed by atoms with van der Waals surface area (Å²) in [5.41, 5.74) is 8.08. The predicted molar refractivity (Wildman–Crippen MR) is 109 cm³/mol. The zero-order valence-corrected chi connectivity index (χ0v) is 16.9. The number of nitrogens with zero attached hydrogens (tertiary/aromatic N) is 3. The summed E-state index contributed by atoms with van der Waals surface area (Å²) in [6.07, 6.45) is 9.22. The lowest BCUT2D eigenvalue weighted by Crippen LogP contribution is -2.53. The number of anilines is 1. The van der Waals surface area contributed by atoms with E-state index in [1.807, 2.05) is 6.20 Å². The Bertz CT molecular complexity index is 971. The van der Waals surface area contributed by atoms with Crippen LogP contribution in [0.2, 0.25) is 0 Å². The molecule has 0 aromatic carbocycles. The van der Waals surface area contributed by atoms with E-state index in [9.17, 15) is 14.4 Å². The van der Waals surface area contributed by atoms with Gasteiger partial charge in [-0.2, -0.15) is 5.10 Å². The summed E-state index contributed by atoms with van der Waals surface area (Å²) in [5, 5.41) is 9.75. The molecular weight excluding hydrogens is 384 g/mol. The lowest BCUT2D eigenvalue weighted by Gasteiger charge is -2.43. The van der Waals surface area contributed by atoms with Crippen LogP contribution in [0.5, 0.6) is 0 Å². The van der Waals surface area contributed by atoms with Crippen molar-refractivity contribution in [1.29, 1.82) is 0 Å². The molecule has 3 atom stereocenters. The van der Waals surface area contributed by atoms with Gasteiger partial charge in [0.1, 0.15) is 0 Å². The Hall–Kier alpha value is -3.23. The van der Waals surface area contributed by atoms with E-state index in [0.717, 1.165) is 32.1 Å². The van der Waals surface area contributed by atoms with E-state index in [4.69, 9.17) is 5.73 Å². The van der Waals surface area contributed by atoms with Crippen LogP contribution in [0.15, 0.2) is 24.7 Å². The summed E-state index contributed by atoms with van der Waals surface area (Å²) < 4.78 is 0. The predicted octanol–water partition coefficient (Wildman–Crippen LogP) is 1.27. The van der Waals surface area contributed by atoms with Gasteiger partial charge in [0, 0.05) is 24.5 Å². The number of carbonyl (C=O) groups excluding carboxylic acids is 3. The number of nitrogens with one attached hydrogen (secondary N) is 2. The normalized spacial score (nSPS) is 23.5. The van der Waals surface area contributed by atoms with Crippen molar-refractivity contribution in [2.45, 2.75) is 45.1 Å². The maximum atomic E-state index is 13.1. The standard InChI is InChI=1S/C21H26N6O3/c1-12-2-5-18(13-3-4-17-14(6-13)9-24-26-17)27(11-12)21(30)20(29)25-16-7-15(19(22)28)8-23-10-16/h7-10,12-13,18H,2-6,11H2,1H3,(H2,22,28)(H,24,26)(H,25,29)/t12-,13?,18?/m1/s1. The maximum Gasteiger partial charge on any atom is 0.313 e. The Morgan fingerprint density at radius 1 is 1.20 bits per heavy atom. The summed E-state index contributed by atoms with van der Waals surface area (Å²) in [6, 6.07) is 1.44. The molecule has 0 bridgehead atoms. The fraction of sp³-hybridized carbons (Fsp3) is 0.476. The van der Waals surface area contributed by atoms with Crippen LogP contribution < -0.4 is 11.1 Å². The van der Waals surface area contributed by atoms with Crippen LogP contribution in [-0.2, 0) is 22.4 Å². The van der Waals surface area contributed by atoms with Crippen molar-refractivity contribution < 1.29 is 14.4 Å². The summed E-state index contributed by atoms with van der Waals surface area (Å²) >= 11 is 0. The number of amides is 3. The molecule has 1 fully saturated rings. The van der Waals surface area contributed by atoms with E-state index in [1.165, 1.54) is 29.7 Å². The lowest BCUT2D eigenvalue weighted by atomic mass is 9.78. The molecule has 2 aromatic heterocycles. The van der Waals surface area contributed by atoms with Crippen LogP contribution in [-0.4, -0.2) is 50.4 Å². The average Bonchev–Trinajstić information content (AvgIpc) is 3.21. The number of hydrogen-bond acceptors (Lipinski definition) is 5. The zero-order valence-electron chi connectivity index (χ0n) is 16.9. The molecule has 9 nitrogen and oxygen atoms in total. The van der Waals surface area contributed by atoms with E-state index in [0.29, 0.717) is 18.4 Å².